The number of thioether (sulfide) groups is 1. The summed E-state index contributed by atoms with van der Waals surface area (Å²) >= 11 is 1.41. The molecule has 0 spiro atoms. The van der Waals surface area contributed by atoms with Crippen molar-refractivity contribution in [1.29, 1.82) is 0 Å². The predicted octanol–water partition coefficient (Wildman–Crippen LogP) is 7.65. The molecule has 5 aromatic carbocycles. The van der Waals surface area contributed by atoms with Gasteiger partial charge in [0, 0.05) is 21.7 Å². The number of amides is 2. The first-order valence-corrected chi connectivity index (χ1v) is 15.5. The zero-order valence-electron chi connectivity index (χ0n) is 24.6. The molecule has 6 nitrogen and oxygen atoms in total. The van der Waals surface area contributed by atoms with Crippen LogP contribution in [-0.4, -0.2) is 30.5 Å². The van der Waals surface area contributed by atoms with E-state index in [1.54, 1.807) is 55.7 Å². The van der Waals surface area contributed by atoms with Crippen molar-refractivity contribution >= 4 is 41.1 Å². The van der Waals surface area contributed by atoms with Gasteiger partial charge in [-0.15, -0.1) is 11.8 Å². The number of anilines is 1. The normalized spacial score (nSPS) is 11.7. The molecule has 7 heteroatoms. The molecule has 2 N–H and O–H groups in total. The largest absolute Gasteiger partial charge is 0.497 e. The van der Waals surface area contributed by atoms with Crippen LogP contribution in [0.15, 0.2) is 132 Å². The number of hydrogen-bond acceptors (Lipinski definition) is 5. The first-order valence-electron chi connectivity index (χ1n) is 14.5. The minimum Gasteiger partial charge on any atom is -0.497 e. The molecule has 0 saturated carbocycles. The molecular formula is C38H30N2O4S. The minimum atomic E-state index is -0.487. The number of ether oxygens (including phenoxy) is 1. The number of Topliss-reactive ketones (excluding diaryl/α,β-unsaturated/α-hetero) is 1. The van der Waals surface area contributed by atoms with E-state index in [1.807, 2.05) is 66.7 Å². The van der Waals surface area contributed by atoms with E-state index < -0.39 is 11.8 Å². The van der Waals surface area contributed by atoms with E-state index in [0.717, 1.165) is 11.3 Å². The van der Waals surface area contributed by atoms with Crippen molar-refractivity contribution < 1.29 is 19.1 Å². The van der Waals surface area contributed by atoms with Gasteiger partial charge >= 0.3 is 0 Å². The van der Waals surface area contributed by atoms with Crippen molar-refractivity contribution in [2.45, 2.75) is 11.3 Å². The van der Waals surface area contributed by atoms with Gasteiger partial charge in [-0.3, -0.25) is 14.4 Å². The highest BCUT2D eigenvalue weighted by Gasteiger charge is 2.20. The van der Waals surface area contributed by atoms with E-state index in [1.165, 1.54) is 34.0 Å². The average molecular weight is 611 g/mol. The summed E-state index contributed by atoms with van der Waals surface area (Å²) in [4.78, 5) is 40.4. The number of methoxy groups -OCH3 is 1. The summed E-state index contributed by atoms with van der Waals surface area (Å²) in [5, 5.41) is 5.65. The van der Waals surface area contributed by atoms with Crippen LogP contribution in [0.5, 0.6) is 5.75 Å². The number of carbonyl (C=O) groups excluding carboxylic acids is 3. The molecule has 0 aliphatic heterocycles. The summed E-state index contributed by atoms with van der Waals surface area (Å²) < 4.78 is 5.31. The Morgan fingerprint density at radius 3 is 2.38 bits per heavy atom. The van der Waals surface area contributed by atoms with Crippen molar-refractivity contribution in [1.82, 2.24) is 5.32 Å². The third kappa shape index (κ3) is 7.06. The monoisotopic (exact) mass is 610 g/mol. The number of nitrogens with one attached hydrogen (secondary N) is 2. The Bertz CT molecular complexity index is 1930. The number of fused-ring (bicyclic) bond motifs is 3. The molecule has 2 amide bonds. The summed E-state index contributed by atoms with van der Waals surface area (Å²) in [6.07, 6.45) is 2.44. The van der Waals surface area contributed by atoms with E-state index in [-0.39, 0.29) is 17.2 Å². The lowest BCUT2D eigenvalue weighted by Crippen LogP contribution is -2.30. The highest BCUT2D eigenvalue weighted by Crippen LogP contribution is 2.37. The van der Waals surface area contributed by atoms with Gasteiger partial charge < -0.3 is 15.4 Å². The van der Waals surface area contributed by atoms with Gasteiger partial charge in [0.2, 0.25) is 0 Å². The van der Waals surface area contributed by atoms with Gasteiger partial charge in [-0.05, 0) is 88.8 Å². The molecule has 6 rings (SSSR count). The maximum atomic E-state index is 13.5. The molecule has 0 heterocycles. The van der Waals surface area contributed by atoms with Gasteiger partial charge in [-0.25, -0.2) is 0 Å². The van der Waals surface area contributed by atoms with Crippen molar-refractivity contribution in [3.8, 4) is 16.9 Å². The summed E-state index contributed by atoms with van der Waals surface area (Å²) in [6.45, 7) is 0. The quantitative estimate of drug-likeness (QED) is 0.0946. The number of ketones is 1. The average Bonchev–Trinajstić information content (AvgIpc) is 3.45. The van der Waals surface area contributed by atoms with Crippen molar-refractivity contribution in [3.05, 3.63) is 155 Å². The van der Waals surface area contributed by atoms with Crippen LogP contribution in [0.25, 0.3) is 17.2 Å². The molecule has 45 heavy (non-hydrogen) atoms. The van der Waals surface area contributed by atoms with Crippen LogP contribution in [0.1, 0.15) is 37.4 Å². The van der Waals surface area contributed by atoms with Crippen LogP contribution in [0, 0.1) is 0 Å². The Hall–Kier alpha value is -5.40. The molecule has 222 valence electrons. The molecule has 0 aromatic heterocycles. The Morgan fingerprint density at radius 2 is 1.53 bits per heavy atom. The van der Waals surface area contributed by atoms with Gasteiger partial charge in [-0.1, -0.05) is 72.8 Å². The fraction of sp³-hybridized carbons (Fsp3) is 0.0789. The van der Waals surface area contributed by atoms with E-state index in [4.69, 9.17) is 4.74 Å². The number of carbonyl (C=O) groups is 3. The maximum absolute atomic E-state index is 13.5. The van der Waals surface area contributed by atoms with Crippen LogP contribution in [-0.2, 0) is 11.2 Å². The first-order chi connectivity index (χ1) is 22.0. The van der Waals surface area contributed by atoms with Crippen LogP contribution in [0.2, 0.25) is 0 Å². The highest BCUT2D eigenvalue weighted by atomic mass is 32.2. The van der Waals surface area contributed by atoms with E-state index in [9.17, 15) is 14.4 Å². The van der Waals surface area contributed by atoms with Crippen LogP contribution >= 0.6 is 11.8 Å². The Labute approximate surface area is 266 Å². The van der Waals surface area contributed by atoms with Gasteiger partial charge in [-0.2, -0.15) is 0 Å². The standard InChI is InChI=1S/C38H30N2O4S/c1-44-31-14-7-9-25(19-31)20-35(40-37(42)26-10-3-2-4-11-26)38(43)39-30-13-8-15-32(23-30)45-24-36(41)28-17-18-34-29(22-28)21-27-12-5-6-16-33(27)34/h2-20,22-23H,21,24H2,1H3,(H,39,43)(H,40,42)/b35-20-. The fourth-order valence-electron chi connectivity index (χ4n) is 5.25. The van der Waals surface area contributed by atoms with Gasteiger partial charge in [0.05, 0.1) is 12.9 Å². The lowest BCUT2D eigenvalue weighted by atomic mass is 10.0. The van der Waals surface area contributed by atoms with Gasteiger partial charge in [0.15, 0.2) is 5.78 Å². The van der Waals surface area contributed by atoms with Crippen molar-refractivity contribution in [3.63, 3.8) is 0 Å². The second kappa shape index (κ2) is 13.5. The molecule has 1 aliphatic carbocycles. The van der Waals surface area contributed by atoms with Crippen molar-refractivity contribution in [2.24, 2.45) is 0 Å². The highest BCUT2D eigenvalue weighted by molar-refractivity contribution is 8.00. The SMILES string of the molecule is COc1cccc(/C=C(\NC(=O)c2ccccc2)C(=O)Nc2cccc(SCC(=O)c3ccc4c(c3)Cc3ccccc3-4)c2)c1. The van der Waals surface area contributed by atoms with Crippen LogP contribution < -0.4 is 15.4 Å². The lowest BCUT2D eigenvalue weighted by molar-refractivity contribution is -0.113. The molecule has 0 saturated heterocycles. The fourth-order valence-corrected chi connectivity index (χ4v) is 6.10. The molecule has 0 fully saturated rings. The topological polar surface area (TPSA) is 84.5 Å². The number of hydrogen-bond donors (Lipinski definition) is 2. The zero-order valence-corrected chi connectivity index (χ0v) is 25.4. The van der Waals surface area contributed by atoms with Gasteiger partial charge in [0.1, 0.15) is 11.4 Å². The third-order valence-electron chi connectivity index (χ3n) is 7.51. The summed E-state index contributed by atoms with van der Waals surface area (Å²) in [7, 11) is 1.57. The molecule has 5 aromatic rings. The Balaban J connectivity index is 1.14. The molecular weight excluding hydrogens is 580 g/mol. The minimum absolute atomic E-state index is 0.0420. The summed E-state index contributed by atoms with van der Waals surface area (Å²) in [5.74, 6) is 0.0390. The molecule has 0 unspecified atom stereocenters. The molecule has 0 bridgehead atoms. The second-order valence-electron chi connectivity index (χ2n) is 10.6. The first kappa shape index (κ1) is 29.7. The predicted molar refractivity (Wildman–Crippen MR) is 180 cm³/mol. The number of rotatable bonds is 10. The van der Waals surface area contributed by atoms with Crippen molar-refractivity contribution in [2.75, 3.05) is 18.2 Å². The Kier molecular flexibility index (Phi) is 8.89. The van der Waals surface area contributed by atoms with E-state index in [0.29, 0.717) is 28.1 Å². The maximum Gasteiger partial charge on any atom is 0.272 e. The lowest BCUT2D eigenvalue weighted by Gasteiger charge is -2.12. The van der Waals surface area contributed by atoms with E-state index in [2.05, 4.69) is 22.8 Å². The molecule has 1 aliphatic rings. The Morgan fingerprint density at radius 1 is 0.756 bits per heavy atom. The third-order valence-corrected chi connectivity index (χ3v) is 8.50. The summed E-state index contributed by atoms with van der Waals surface area (Å²) in [5.41, 5.74) is 7.31. The van der Waals surface area contributed by atoms with E-state index >= 15 is 0 Å². The second-order valence-corrected chi connectivity index (χ2v) is 11.6. The number of benzene rings is 5. The molecule has 0 radical (unpaired) electrons. The van der Waals surface area contributed by atoms with Crippen LogP contribution in [0.3, 0.4) is 0 Å². The zero-order chi connectivity index (χ0) is 31.2. The van der Waals surface area contributed by atoms with Gasteiger partial charge in [0.25, 0.3) is 11.8 Å². The summed E-state index contributed by atoms with van der Waals surface area (Å²) in [6, 6.07) is 37.5. The van der Waals surface area contributed by atoms with Crippen LogP contribution in [0.4, 0.5) is 5.69 Å². The molecule has 0 atom stereocenters. The smallest absolute Gasteiger partial charge is 0.272 e.